The summed E-state index contributed by atoms with van der Waals surface area (Å²) in [7, 11) is 0. The molecule has 0 saturated carbocycles. The topological polar surface area (TPSA) is 158 Å². The molecule has 1 amide bonds. The number of aromatic nitrogens is 3. The van der Waals surface area contributed by atoms with Crippen molar-refractivity contribution < 1.29 is 51.2 Å². The lowest BCUT2D eigenvalue weighted by Crippen LogP contribution is -2.60. The van der Waals surface area contributed by atoms with Crippen molar-refractivity contribution in [3.05, 3.63) is 101 Å². The molecule has 0 bridgehead atoms. The van der Waals surface area contributed by atoms with E-state index in [1.807, 2.05) is 6.07 Å². The maximum atomic E-state index is 15.8. The molecular formula is C41H45F3N6O8S. The van der Waals surface area contributed by atoms with Gasteiger partial charge in [-0.05, 0) is 63.2 Å². The Morgan fingerprint density at radius 2 is 1.78 bits per heavy atom. The Morgan fingerprint density at radius 1 is 1.02 bits per heavy atom. The smallest absolute Gasteiger partial charge is 0.425 e. The largest absolute Gasteiger partial charge is 0.512 e. The molecule has 0 N–H and O–H groups in total. The summed E-state index contributed by atoms with van der Waals surface area (Å²) in [6.45, 7) is 6.37. The molecule has 3 saturated heterocycles. The zero-order valence-electron chi connectivity index (χ0n) is 32.6. The molecule has 1 aromatic heterocycles. The van der Waals surface area contributed by atoms with Gasteiger partial charge in [-0.3, -0.25) is 14.5 Å². The van der Waals surface area contributed by atoms with Crippen LogP contribution >= 0.6 is 11.8 Å². The van der Waals surface area contributed by atoms with Gasteiger partial charge in [0, 0.05) is 54.9 Å². The highest BCUT2D eigenvalue weighted by Gasteiger charge is 2.47. The minimum atomic E-state index is -1.91. The van der Waals surface area contributed by atoms with Crippen LogP contribution in [0.25, 0.3) is 6.08 Å². The van der Waals surface area contributed by atoms with E-state index in [1.54, 1.807) is 30.1 Å². The first kappa shape index (κ1) is 43.4. The van der Waals surface area contributed by atoms with E-state index in [-0.39, 0.29) is 54.9 Å². The van der Waals surface area contributed by atoms with E-state index in [0.29, 0.717) is 30.8 Å². The molecule has 3 aliphatic rings. The standard InChI is InChI=1S/C41H45F3N6O8S/c1-27(59-33-22-54-39(55-23-33)8-4-3-7-30-10-9-29(19-45)17-35(30)43)41(24-50-26-46-25-47-50,34-12-11-31(42)18-36(34)44)58-40(53)57-28(2)56-38(52)14-13-37(51)49-20-32(21-49)48-15-5-6-16-48/h3-4,7-12,17-18,25-28,32-33,39H,5-6,13-16,20-24H2,1-2H3. The van der Waals surface area contributed by atoms with Gasteiger partial charge in [0.25, 0.3) is 0 Å². The third-order valence-corrected chi connectivity index (χ3v) is 11.7. The lowest BCUT2D eigenvalue weighted by atomic mass is 9.89. The molecule has 18 heteroatoms. The third-order valence-electron chi connectivity index (χ3n) is 10.2. The quantitative estimate of drug-likeness (QED) is 0.0981. The van der Waals surface area contributed by atoms with E-state index in [0.717, 1.165) is 38.1 Å². The van der Waals surface area contributed by atoms with Crippen LogP contribution in [0, 0.1) is 28.8 Å². The first-order valence-corrected chi connectivity index (χ1v) is 20.2. The van der Waals surface area contributed by atoms with Gasteiger partial charge in [0.15, 0.2) is 11.9 Å². The molecule has 3 unspecified atom stereocenters. The zero-order chi connectivity index (χ0) is 41.9. The second-order valence-electron chi connectivity index (χ2n) is 14.4. The van der Waals surface area contributed by atoms with Gasteiger partial charge in [-0.2, -0.15) is 10.4 Å². The first-order chi connectivity index (χ1) is 28.4. The summed E-state index contributed by atoms with van der Waals surface area (Å²) in [5.74, 6) is -3.31. The van der Waals surface area contributed by atoms with Gasteiger partial charge in [0.05, 0.1) is 43.1 Å². The highest BCUT2D eigenvalue weighted by Crippen LogP contribution is 2.42. The van der Waals surface area contributed by atoms with Crippen molar-refractivity contribution in [1.82, 2.24) is 24.6 Å². The first-order valence-electron chi connectivity index (χ1n) is 19.2. The number of carbonyl (C=O) groups is 3. The predicted octanol–water partition coefficient (Wildman–Crippen LogP) is 5.72. The van der Waals surface area contributed by atoms with Crippen LogP contribution in [0.3, 0.4) is 0 Å². The number of ether oxygens (including phenoxy) is 5. The summed E-state index contributed by atoms with van der Waals surface area (Å²) in [6.07, 6.45) is 7.53. The Bertz CT molecular complexity index is 2030. The van der Waals surface area contributed by atoms with E-state index in [4.69, 9.17) is 28.9 Å². The molecule has 14 nitrogen and oxygen atoms in total. The number of esters is 1. The number of hydrogen-bond donors (Lipinski definition) is 0. The SMILES string of the molecule is CC(OC(=O)CCC(=O)N1CC(N2CCCC2)C1)OC(=O)OC(Cn1cncn1)(c1ccc(F)cc1F)C(C)SC1COC(C=CC=Cc2ccc(C#N)cc2F)OC1. The van der Waals surface area contributed by atoms with Crippen LogP contribution in [-0.4, -0.2) is 111 Å². The van der Waals surface area contributed by atoms with Crippen LogP contribution in [0.2, 0.25) is 0 Å². The lowest BCUT2D eigenvalue weighted by Gasteiger charge is -2.44. The van der Waals surface area contributed by atoms with Crippen LogP contribution in [0.4, 0.5) is 18.0 Å². The summed E-state index contributed by atoms with van der Waals surface area (Å²) in [4.78, 5) is 46.9. The number of likely N-dealkylation sites (tertiary alicyclic amines) is 2. The van der Waals surface area contributed by atoms with Gasteiger partial charge in [0.1, 0.15) is 30.1 Å². The van der Waals surface area contributed by atoms with Crippen LogP contribution in [0.1, 0.15) is 56.2 Å². The summed E-state index contributed by atoms with van der Waals surface area (Å²) in [5, 5.41) is 11.9. The van der Waals surface area contributed by atoms with E-state index < -0.39 is 53.0 Å². The van der Waals surface area contributed by atoms with Gasteiger partial charge in [-0.25, -0.2) is 27.6 Å². The van der Waals surface area contributed by atoms with E-state index >= 15 is 4.39 Å². The number of rotatable bonds is 16. The molecule has 3 atom stereocenters. The van der Waals surface area contributed by atoms with Crippen molar-refractivity contribution in [2.75, 3.05) is 39.4 Å². The number of carbonyl (C=O) groups excluding carboxylic acids is 3. The molecule has 314 valence electrons. The highest BCUT2D eigenvalue weighted by atomic mass is 32.2. The number of thioether (sulfide) groups is 1. The molecular weight excluding hydrogens is 794 g/mol. The minimum Gasteiger partial charge on any atom is -0.425 e. The van der Waals surface area contributed by atoms with Crippen LogP contribution in [0.5, 0.6) is 0 Å². The number of benzene rings is 2. The fourth-order valence-corrected chi connectivity index (χ4v) is 8.43. The normalized spacial score (nSPS) is 20.8. The summed E-state index contributed by atoms with van der Waals surface area (Å²) >= 11 is 1.25. The number of nitriles is 1. The average molecular weight is 839 g/mol. The summed E-state index contributed by atoms with van der Waals surface area (Å²) < 4.78 is 73.9. The molecule has 2 aromatic carbocycles. The summed E-state index contributed by atoms with van der Waals surface area (Å²) in [6, 6.07) is 9.28. The fourth-order valence-electron chi connectivity index (χ4n) is 7.07. The molecule has 4 heterocycles. The van der Waals surface area contributed by atoms with Gasteiger partial charge in [-0.15, -0.1) is 11.8 Å². The molecule has 0 radical (unpaired) electrons. The lowest BCUT2D eigenvalue weighted by molar-refractivity contribution is -0.172. The number of amides is 1. The van der Waals surface area contributed by atoms with Gasteiger partial charge in [0.2, 0.25) is 12.2 Å². The van der Waals surface area contributed by atoms with Crippen LogP contribution in [0.15, 0.2) is 67.3 Å². The van der Waals surface area contributed by atoms with Gasteiger partial charge < -0.3 is 28.6 Å². The van der Waals surface area contributed by atoms with Crippen molar-refractivity contribution >= 4 is 35.9 Å². The monoisotopic (exact) mass is 838 g/mol. The van der Waals surface area contributed by atoms with Crippen molar-refractivity contribution in [3.8, 4) is 6.07 Å². The van der Waals surface area contributed by atoms with Crippen molar-refractivity contribution in [2.45, 2.75) is 80.8 Å². The number of halogens is 3. The predicted molar refractivity (Wildman–Crippen MR) is 207 cm³/mol. The number of allylic oxidation sites excluding steroid dienone is 2. The van der Waals surface area contributed by atoms with Crippen LogP contribution in [-0.2, 0) is 45.4 Å². The fraction of sp³-hybridized carbons (Fsp3) is 0.463. The van der Waals surface area contributed by atoms with Crippen molar-refractivity contribution in [3.63, 3.8) is 0 Å². The molecule has 0 spiro atoms. The van der Waals surface area contributed by atoms with E-state index in [2.05, 4.69) is 15.0 Å². The molecule has 59 heavy (non-hydrogen) atoms. The Morgan fingerprint density at radius 3 is 2.46 bits per heavy atom. The van der Waals surface area contributed by atoms with E-state index in [1.165, 1.54) is 60.3 Å². The van der Waals surface area contributed by atoms with Gasteiger partial charge in [-0.1, -0.05) is 24.3 Å². The maximum Gasteiger partial charge on any atom is 0.512 e. The van der Waals surface area contributed by atoms with Crippen LogP contribution < -0.4 is 0 Å². The molecule has 3 aliphatic heterocycles. The Kier molecular flexibility index (Phi) is 14.8. The number of nitrogens with zero attached hydrogens (tertiary/aromatic N) is 6. The Hall–Kier alpha value is -5.22. The van der Waals surface area contributed by atoms with Crippen molar-refractivity contribution in [1.29, 1.82) is 5.26 Å². The van der Waals surface area contributed by atoms with E-state index in [9.17, 15) is 23.2 Å². The highest BCUT2D eigenvalue weighted by molar-refractivity contribution is 8.00. The average Bonchev–Trinajstić information content (AvgIpc) is 3.91. The van der Waals surface area contributed by atoms with Crippen molar-refractivity contribution in [2.24, 2.45) is 0 Å². The Balaban J connectivity index is 1.07. The minimum absolute atomic E-state index is 0.0634. The molecule has 3 aromatic rings. The maximum absolute atomic E-state index is 15.8. The Labute approximate surface area is 343 Å². The molecule has 0 aliphatic carbocycles. The second kappa shape index (κ2) is 20.2. The third kappa shape index (κ3) is 11.5. The second-order valence-corrected chi connectivity index (χ2v) is 16.0. The molecule has 6 rings (SSSR count). The van der Waals surface area contributed by atoms with Gasteiger partial charge >= 0.3 is 12.1 Å². The molecule has 3 fully saturated rings. The zero-order valence-corrected chi connectivity index (χ0v) is 33.4. The number of hydrogen-bond acceptors (Lipinski definition) is 13. The summed E-state index contributed by atoms with van der Waals surface area (Å²) in [5.41, 5.74) is -1.57.